The molecule has 3 aromatic rings. The number of rotatable bonds is 9. The summed E-state index contributed by atoms with van der Waals surface area (Å²) in [5.41, 5.74) is 3.90. The van der Waals surface area contributed by atoms with Crippen LogP contribution in [-0.2, 0) is 4.79 Å². The second-order valence-electron chi connectivity index (χ2n) is 7.97. The zero-order valence-electron chi connectivity index (χ0n) is 18.0. The van der Waals surface area contributed by atoms with E-state index >= 15 is 0 Å². The van der Waals surface area contributed by atoms with Crippen molar-refractivity contribution in [1.29, 1.82) is 0 Å². The van der Waals surface area contributed by atoms with Gasteiger partial charge in [-0.2, -0.15) is 5.10 Å². The molecule has 0 saturated heterocycles. The molecule has 0 fully saturated rings. The SMILES string of the molecule is CC(C)c1nn(-c2ccccc2)c(-c2ccc(F)cc2)c1C=CC(O)CC(O)CC(=O)O. The van der Waals surface area contributed by atoms with Gasteiger partial charge in [0.1, 0.15) is 5.82 Å². The summed E-state index contributed by atoms with van der Waals surface area (Å²) in [5, 5.41) is 33.8. The third kappa shape index (κ3) is 5.69. The van der Waals surface area contributed by atoms with Crippen LogP contribution in [0.4, 0.5) is 4.39 Å². The molecule has 0 saturated carbocycles. The third-order valence-corrected chi connectivity index (χ3v) is 5.02. The van der Waals surface area contributed by atoms with Crippen molar-refractivity contribution in [1.82, 2.24) is 9.78 Å². The smallest absolute Gasteiger partial charge is 0.305 e. The van der Waals surface area contributed by atoms with Crippen LogP contribution in [-0.4, -0.2) is 43.3 Å². The van der Waals surface area contributed by atoms with Gasteiger partial charge in [0, 0.05) is 17.5 Å². The highest BCUT2D eigenvalue weighted by Crippen LogP contribution is 2.33. The fourth-order valence-corrected chi connectivity index (χ4v) is 3.53. The number of aliphatic hydroxyl groups is 2. The van der Waals surface area contributed by atoms with Crippen LogP contribution in [0.2, 0.25) is 0 Å². The minimum absolute atomic E-state index is 0.0635. The Balaban J connectivity index is 2.08. The second kappa shape index (κ2) is 10.3. The average molecular weight is 438 g/mol. The molecule has 0 radical (unpaired) electrons. The van der Waals surface area contributed by atoms with E-state index in [0.717, 1.165) is 28.2 Å². The van der Waals surface area contributed by atoms with Gasteiger partial charge < -0.3 is 15.3 Å². The summed E-state index contributed by atoms with van der Waals surface area (Å²) in [6.45, 7) is 4.02. The van der Waals surface area contributed by atoms with Crippen molar-refractivity contribution in [3.05, 3.63) is 77.7 Å². The molecule has 0 bridgehead atoms. The van der Waals surface area contributed by atoms with Gasteiger partial charge in [-0.15, -0.1) is 0 Å². The van der Waals surface area contributed by atoms with Crippen molar-refractivity contribution < 1.29 is 24.5 Å². The quantitative estimate of drug-likeness (QED) is 0.460. The first-order valence-electron chi connectivity index (χ1n) is 10.5. The zero-order valence-corrected chi connectivity index (χ0v) is 18.0. The lowest BCUT2D eigenvalue weighted by Gasteiger charge is -2.12. The number of hydrogen-bond acceptors (Lipinski definition) is 4. The maximum atomic E-state index is 13.6. The number of aliphatic hydroxyl groups excluding tert-OH is 2. The minimum Gasteiger partial charge on any atom is -0.481 e. The Bertz CT molecular complexity index is 1080. The van der Waals surface area contributed by atoms with Gasteiger partial charge in [-0.25, -0.2) is 9.07 Å². The maximum Gasteiger partial charge on any atom is 0.305 e. The van der Waals surface area contributed by atoms with E-state index in [9.17, 15) is 19.4 Å². The molecular formula is C25H27FN2O4. The molecule has 2 atom stereocenters. The fraction of sp³-hybridized carbons (Fsp3) is 0.280. The van der Waals surface area contributed by atoms with Crippen LogP contribution in [0.25, 0.3) is 23.0 Å². The topological polar surface area (TPSA) is 95.6 Å². The van der Waals surface area contributed by atoms with E-state index in [0.29, 0.717) is 0 Å². The number of nitrogens with zero attached hydrogens (tertiary/aromatic N) is 2. The number of carboxylic acid groups (broad SMARTS) is 1. The summed E-state index contributed by atoms with van der Waals surface area (Å²) >= 11 is 0. The highest BCUT2D eigenvalue weighted by molar-refractivity contribution is 5.76. The number of benzene rings is 2. The van der Waals surface area contributed by atoms with Crippen LogP contribution in [0.3, 0.4) is 0 Å². The Kier molecular flexibility index (Phi) is 7.56. The first kappa shape index (κ1) is 23.4. The molecule has 0 aliphatic heterocycles. The molecule has 32 heavy (non-hydrogen) atoms. The Labute approximate surface area is 186 Å². The van der Waals surface area contributed by atoms with Gasteiger partial charge in [0.15, 0.2) is 0 Å². The van der Waals surface area contributed by atoms with Gasteiger partial charge in [0.2, 0.25) is 0 Å². The standard InChI is InChI=1S/C25H27FN2O4/c1-16(2)24-22(13-12-20(29)14-21(30)15-23(31)32)25(17-8-10-18(26)11-9-17)28(27-24)19-6-4-3-5-7-19/h3-13,16,20-21,29-30H,14-15H2,1-2H3,(H,31,32). The van der Waals surface area contributed by atoms with Crippen LogP contribution < -0.4 is 0 Å². The molecule has 2 aromatic carbocycles. The van der Waals surface area contributed by atoms with Gasteiger partial charge in [-0.1, -0.05) is 44.2 Å². The molecule has 168 valence electrons. The Hall–Kier alpha value is -3.29. The largest absolute Gasteiger partial charge is 0.481 e. The predicted octanol–water partition coefficient (Wildman–Crippen LogP) is 4.40. The van der Waals surface area contributed by atoms with Gasteiger partial charge in [0.05, 0.1) is 35.7 Å². The van der Waals surface area contributed by atoms with Crippen molar-refractivity contribution >= 4 is 12.0 Å². The van der Waals surface area contributed by atoms with Gasteiger partial charge in [-0.05, 0) is 42.3 Å². The molecule has 0 aliphatic rings. The van der Waals surface area contributed by atoms with Crippen molar-refractivity contribution in [2.24, 2.45) is 0 Å². The molecular weight excluding hydrogens is 411 g/mol. The Morgan fingerprint density at radius 2 is 1.75 bits per heavy atom. The summed E-state index contributed by atoms with van der Waals surface area (Å²) in [6.07, 6.45) is 0.536. The van der Waals surface area contributed by atoms with Crippen LogP contribution >= 0.6 is 0 Å². The lowest BCUT2D eigenvalue weighted by molar-refractivity contribution is -0.139. The Morgan fingerprint density at radius 3 is 2.34 bits per heavy atom. The molecule has 2 unspecified atom stereocenters. The molecule has 1 aromatic heterocycles. The lowest BCUT2D eigenvalue weighted by Crippen LogP contribution is -2.19. The predicted molar refractivity (Wildman–Crippen MR) is 121 cm³/mol. The number of aromatic nitrogens is 2. The number of hydrogen-bond donors (Lipinski definition) is 3. The average Bonchev–Trinajstić information content (AvgIpc) is 3.12. The van der Waals surface area contributed by atoms with Gasteiger partial charge >= 0.3 is 5.97 Å². The maximum absolute atomic E-state index is 13.6. The fourth-order valence-electron chi connectivity index (χ4n) is 3.53. The van der Waals surface area contributed by atoms with Crippen molar-refractivity contribution in [3.63, 3.8) is 0 Å². The normalized spacial score (nSPS) is 13.6. The highest BCUT2D eigenvalue weighted by atomic mass is 19.1. The van der Waals surface area contributed by atoms with Crippen LogP contribution in [0.15, 0.2) is 60.7 Å². The van der Waals surface area contributed by atoms with E-state index in [1.54, 1.807) is 22.9 Å². The summed E-state index contributed by atoms with van der Waals surface area (Å²) in [4.78, 5) is 10.8. The molecule has 3 N–H and O–H groups in total. The molecule has 0 amide bonds. The number of carboxylic acids is 1. The second-order valence-corrected chi connectivity index (χ2v) is 7.97. The van der Waals surface area contributed by atoms with Gasteiger partial charge in [-0.3, -0.25) is 4.79 Å². The first-order chi connectivity index (χ1) is 15.3. The molecule has 3 rings (SSSR count). The Morgan fingerprint density at radius 1 is 1.09 bits per heavy atom. The van der Waals surface area contributed by atoms with Crippen LogP contribution in [0.1, 0.15) is 43.9 Å². The van der Waals surface area contributed by atoms with Gasteiger partial charge in [0.25, 0.3) is 0 Å². The monoisotopic (exact) mass is 438 g/mol. The van der Waals surface area contributed by atoms with Crippen LogP contribution in [0.5, 0.6) is 0 Å². The van der Waals surface area contributed by atoms with E-state index in [1.807, 2.05) is 44.2 Å². The molecule has 6 nitrogen and oxygen atoms in total. The number of para-hydroxylation sites is 1. The third-order valence-electron chi connectivity index (χ3n) is 5.02. The summed E-state index contributed by atoms with van der Waals surface area (Å²) in [6, 6.07) is 15.7. The van der Waals surface area contributed by atoms with E-state index < -0.39 is 24.6 Å². The van der Waals surface area contributed by atoms with E-state index in [-0.39, 0.29) is 18.2 Å². The summed E-state index contributed by atoms with van der Waals surface area (Å²) in [5.74, 6) is -1.41. The van der Waals surface area contributed by atoms with E-state index in [1.165, 1.54) is 18.2 Å². The minimum atomic E-state index is -1.15. The number of aliphatic carboxylic acids is 1. The number of carbonyl (C=O) groups is 1. The van der Waals surface area contributed by atoms with Crippen molar-refractivity contribution in [2.75, 3.05) is 0 Å². The summed E-state index contributed by atoms with van der Waals surface area (Å²) < 4.78 is 15.4. The molecule has 7 heteroatoms. The van der Waals surface area contributed by atoms with Crippen molar-refractivity contribution in [3.8, 4) is 16.9 Å². The van der Waals surface area contributed by atoms with Crippen LogP contribution in [0, 0.1) is 5.82 Å². The van der Waals surface area contributed by atoms with Crippen molar-refractivity contribution in [2.45, 2.75) is 44.8 Å². The first-order valence-corrected chi connectivity index (χ1v) is 10.5. The van der Waals surface area contributed by atoms with E-state index in [2.05, 4.69) is 0 Å². The molecule has 1 heterocycles. The molecule has 0 aliphatic carbocycles. The molecule has 0 spiro atoms. The van der Waals surface area contributed by atoms with E-state index in [4.69, 9.17) is 10.2 Å². The summed E-state index contributed by atoms with van der Waals surface area (Å²) in [7, 11) is 0. The lowest BCUT2D eigenvalue weighted by atomic mass is 9.98. The zero-order chi connectivity index (χ0) is 23.3. The highest BCUT2D eigenvalue weighted by Gasteiger charge is 2.21. The number of halogens is 1.